The number of carbonyl (C=O) groups excluding carboxylic acids is 3. The summed E-state index contributed by atoms with van der Waals surface area (Å²) in [6, 6.07) is 46.0. The number of nitrogens with zero attached hydrogens (tertiary/aromatic N) is 6. The molecule has 0 unspecified atom stereocenters. The van der Waals surface area contributed by atoms with Crippen molar-refractivity contribution in [1.82, 2.24) is 15.0 Å². The molecule has 4 aliphatic heterocycles. The molecule has 12 heteroatoms. The summed E-state index contributed by atoms with van der Waals surface area (Å²) >= 11 is 0. The fraction of sp³-hybridized carbons (Fsp3) is 0.218. The van der Waals surface area contributed by atoms with Gasteiger partial charge in [0.2, 0.25) is 0 Å². The Kier molecular flexibility index (Phi) is 9.18. The van der Waals surface area contributed by atoms with Crippen molar-refractivity contribution in [3.63, 3.8) is 0 Å². The maximum Gasteiger partial charge on any atom is 0.264 e. The van der Waals surface area contributed by atoms with Crippen LogP contribution in [0, 0.1) is 11.8 Å². The summed E-state index contributed by atoms with van der Waals surface area (Å²) in [6.45, 7) is 6.03. The monoisotopic (exact) mass is 886 g/mol. The van der Waals surface area contributed by atoms with Gasteiger partial charge in [0.05, 0.1) is 52.6 Å². The molecule has 1 saturated heterocycles. The van der Waals surface area contributed by atoms with Gasteiger partial charge < -0.3 is 19.8 Å². The number of benzene rings is 7. The van der Waals surface area contributed by atoms with E-state index in [2.05, 4.69) is 10.3 Å². The van der Waals surface area contributed by atoms with Crippen molar-refractivity contribution in [3.8, 4) is 0 Å². The van der Waals surface area contributed by atoms with Crippen LogP contribution in [0.15, 0.2) is 152 Å². The second-order valence-electron chi connectivity index (χ2n) is 18.8. The van der Waals surface area contributed by atoms with Crippen molar-refractivity contribution in [2.24, 2.45) is 11.8 Å². The molecule has 5 atom stereocenters. The molecule has 0 aliphatic carbocycles. The minimum Gasteiger partial charge on any atom is -0.390 e. The number of rotatable bonds is 10. The first kappa shape index (κ1) is 41.0. The normalized spacial score (nSPS) is 21.2. The number of hydrogen-bond acceptors (Lipinski definition) is 8. The fourth-order valence-electron chi connectivity index (χ4n) is 11.5. The highest BCUT2D eigenvalue weighted by Gasteiger charge is 2.66. The summed E-state index contributed by atoms with van der Waals surface area (Å²) in [6.07, 6.45) is 0.527. The van der Waals surface area contributed by atoms with Crippen molar-refractivity contribution in [2.45, 2.75) is 63.7 Å². The van der Waals surface area contributed by atoms with Gasteiger partial charge in [-0.3, -0.25) is 28.9 Å². The van der Waals surface area contributed by atoms with Gasteiger partial charge in [-0.25, -0.2) is 0 Å². The number of ether oxygens (including phenoxy) is 1. The largest absolute Gasteiger partial charge is 0.390 e. The molecule has 0 saturated carbocycles. The Morgan fingerprint density at radius 1 is 0.716 bits per heavy atom. The Labute approximate surface area is 386 Å². The van der Waals surface area contributed by atoms with E-state index in [-0.39, 0.29) is 24.3 Å². The van der Waals surface area contributed by atoms with Gasteiger partial charge in [-0.05, 0) is 96.8 Å². The Morgan fingerprint density at radius 3 is 1.94 bits per heavy atom. The van der Waals surface area contributed by atoms with Crippen molar-refractivity contribution in [1.29, 1.82) is 0 Å². The van der Waals surface area contributed by atoms with Crippen LogP contribution in [0.3, 0.4) is 0 Å². The van der Waals surface area contributed by atoms with Crippen LogP contribution in [0.25, 0.3) is 21.5 Å². The molecule has 1 aromatic heterocycles. The lowest BCUT2D eigenvalue weighted by Gasteiger charge is -2.34. The number of hydrogen-bond donors (Lipinski definition) is 2. The first-order valence-electron chi connectivity index (χ1n) is 22.7. The summed E-state index contributed by atoms with van der Waals surface area (Å²) in [4.78, 5) is 48.9. The van der Waals surface area contributed by atoms with Crippen molar-refractivity contribution < 1.29 is 29.3 Å². The van der Waals surface area contributed by atoms with Crippen LogP contribution in [0.5, 0.6) is 0 Å². The van der Waals surface area contributed by atoms with Crippen LogP contribution in [0.4, 0.5) is 28.4 Å². The molecule has 1 fully saturated rings. The van der Waals surface area contributed by atoms with E-state index in [9.17, 15) is 19.8 Å². The van der Waals surface area contributed by atoms with Crippen molar-refractivity contribution >= 4 is 67.7 Å². The topological polar surface area (TPSA) is 141 Å². The standard InChI is InChI=1S/C55H46N6O6/c1-32-49(54(2,3)66)46(27-28-58-31-42(56-57-58)50(62)36-11-5-4-6-12-36)67-55(32)41-29-38(61-45-20-10-16-35-14-8-18-40(48(35)45)52(61)64)25-26-43(41)59(53(55)65)30-33-21-23-37(24-22-33)60-44-19-9-15-34-13-7-17-39(47(34)44)51(60)63/h4-26,29,31-32,46,49-50,62,66H,27-28,30H2,1-3H3/t32-,46+,49-,50-,55+/m1/s1. The molecule has 0 bridgehead atoms. The molecule has 1 spiro atoms. The van der Waals surface area contributed by atoms with Crippen molar-refractivity contribution in [2.75, 3.05) is 14.7 Å². The molecule has 2 N–H and O–H groups in total. The number of aliphatic hydroxyl groups excluding tert-OH is 1. The Balaban J connectivity index is 0.906. The molecule has 12 nitrogen and oxygen atoms in total. The molecule has 332 valence electrons. The van der Waals surface area contributed by atoms with E-state index in [0.29, 0.717) is 52.3 Å². The summed E-state index contributed by atoms with van der Waals surface area (Å²) in [5.74, 6) is -1.55. The first-order valence-corrected chi connectivity index (χ1v) is 22.7. The van der Waals surface area contributed by atoms with Crippen LogP contribution in [-0.2, 0) is 28.2 Å². The number of aryl methyl sites for hydroxylation is 1. The minimum absolute atomic E-state index is 0.0888. The number of carbonyl (C=O) groups is 3. The molecule has 5 heterocycles. The van der Waals surface area contributed by atoms with Crippen LogP contribution in [-0.4, -0.2) is 54.6 Å². The van der Waals surface area contributed by atoms with Gasteiger partial charge in [0.1, 0.15) is 11.8 Å². The summed E-state index contributed by atoms with van der Waals surface area (Å²) in [5, 5.41) is 35.4. The number of fused-ring (bicyclic) bond motifs is 2. The number of amides is 3. The summed E-state index contributed by atoms with van der Waals surface area (Å²) in [5.41, 5.74) is 4.60. The summed E-state index contributed by atoms with van der Waals surface area (Å²) in [7, 11) is 0. The van der Waals surface area contributed by atoms with E-state index in [4.69, 9.17) is 4.74 Å². The molecule has 8 aromatic rings. The van der Waals surface area contributed by atoms with E-state index in [1.807, 2.05) is 153 Å². The van der Waals surface area contributed by atoms with Gasteiger partial charge in [-0.2, -0.15) is 0 Å². The third-order valence-corrected chi connectivity index (χ3v) is 14.5. The molecule has 67 heavy (non-hydrogen) atoms. The van der Waals surface area contributed by atoms with Crippen LogP contribution < -0.4 is 14.7 Å². The zero-order valence-electron chi connectivity index (χ0n) is 37.1. The third kappa shape index (κ3) is 6.13. The predicted molar refractivity (Wildman–Crippen MR) is 256 cm³/mol. The smallest absolute Gasteiger partial charge is 0.264 e. The van der Waals surface area contributed by atoms with Crippen LogP contribution in [0.2, 0.25) is 0 Å². The molecular formula is C55H46N6O6. The second kappa shape index (κ2) is 15.0. The quantitative estimate of drug-likeness (QED) is 0.138. The highest BCUT2D eigenvalue weighted by atomic mass is 16.5. The van der Waals surface area contributed by atoms with E-state index >= 15 is 4.79 Å². The third-order valence-electron chi connectivity index (χ3n) is 14.5. The Bertz CT molecular complexity index is 3330. The van der Waals surface area contributed by atoms with Gasteiger partial charge in [0, 0.05) is 46.1 Å². The van der Waals surface area contributed by atoms with Gasteiger partial charge in [-0.15, -0.1) is 5.10 Å². The second-order valence-corrected chi connectivity index (χ2v) is 18.8. The lowest BCUT2D eigenvalue weighted by Crippen LogP contribution is -2.46. The number of anilines is 5. The minimum atomic E-state index is -1.54. The van der Waals surface area contributed by atoms with Gasteiger partial charge in [0.25, 0.3) is 17.7 Å². The zero-order valence-corrected chi connectivity index (χ0v) is 37.1. The fourth-order valence-corrected chi connectivity index (χ4v) is 11.5. The lowest BCUT2D eigenvalue weighted by atomic mass is 9.70. The van der Waals surface area contributed by atoms with Gasteiger partial charge in [0.15, 0.2) is 5.60 Å². The number of aliphatic hydroxyl groups is 2. The predicted octanol–water partition coefficient (Wildman–Crippen LogP) is 9.50. The highest BCUT2D eigenvalue weighted by Crippen LogP contribution is 2.59. The highest BCUT2D eigenvalue weighted by molar-refractivity contribution is 6.29. The van der Waals surface area contributed by atoms with Crippen LogP contribution in [0.1, 0.15) is 76.4 Å². The first-order chi connectivity index (χ1) is 32.4. The molecular weight excluding hydrogens is 841 g/mol. The summed E-state index contributed by atoms with van der Waals surface area (Å²) < 4.78 is 8.88. The molecule has 4 aliphatic rings. The van der Waals surface area contributed by atoms with Gasteiger partial charge >= 0.3 is 0 Å². The number of aromatic nitrogens is 3. The van der Waals surface area contributed by atoms with E-state index < -0.39 is 35.2 Å². The molecule has 3 amide bonds. The lowest BCUT2D eigenvalue weighted by molar-refractivity contribution is -0.146. The maximum absolute atomic E-state index is 15.6. The average Bonchev–Trinajstić information content (AvgIpc) is 4.13. The van der Waals surface area contributed by atoms with Crippen LogP contribution >= 0.6 is 0 Å². The maximum atomic E-state index is 15.6. The average molecular weight is 887 g/mol. The van der Waals surface area contributed by atoms with E-state index in [1.165, 1.54) is 0 Å². The molecule has 0 radical (unpaired) electrons. The Morgan fingerprint density at radius 2 is 1.31 bits per heavy atom. The van der Waals surface area contributed by atoms with E-state index in [1.54, 1.807) is 39.4 Å². The van der Waals surface area contributed by atoms with Crippen molar-refractivity contribution in [3.05, 3.63) is 185 Å². The van der Waals surface area contributed by atoms with Gasteiger partial charge in [-0.1, -0.05) is 103 Å². The van der Waals surface area contributed by atoms with E-state index in [0.717, 1.165) is 44.2 Å². The SMILES string of the molecule is C[C@@H]1[C@@H](C(C)(C)O)[C@H](CCn2cc([C@H](O)c3ccccc3)nn2)O[C@@]12C(=O)N(Cc1ccc(N3C(=O)c4cccc5cccc3c45)cc1)c1ccc(N3C(=O)c4cccc5cccc3c45)cc12. The zero-order chi connectivity index (χ0) is 45.9. The molecule has 7 aromatic carbocycles. The molecule has 12 rings (SSSR count). The Hall–Kier alpha value is -7.51.